The van der Waals surface area contributed by atoms with E-state index in [-0.39, 0.29) is 5.75 Å². The number of phenolic OH excluding ortho intramolecular Hbond substituents is 1. The monoisotopic (exact) mass is 379 g/mol. The number of nitrogens with zero attached hydrogens (tertiary/aromatic N) is 4. The van der Waals surface area contributed by atoms with Crippen molar-refractivity contribution in [1.82, 2.24) is 25.1 Å². The largest absolute Gasteiger partial charge is 0.507 e. The highest BCUT2D eigenvalue weighted by Crippen LogP contribution is 2.40. The molecule has 2 aliphatic heterocycles. The van der Waals surface area contributed by atoms with Crippen LogP contribution in [0.1, 0.15) is 30.7 Å². The number of hydrogen-bond acceptors (Lipinski definition) is 6. The Hall–Kier alpha value is -2.51. The third kappa shape index (κ3) is 3.07. The van der Waals surface area contributed by atoms with Crippen molar-refractivity contribution in [2.24, 2.45) is 5.92 Å². The number of imidazole rings is 1. The van der Waals surface area contributed by atoms with Gasteiger partial charge >= 0.3 is 0 Å². The van der Waals surface area contributed by atoms with Crippen LogP contribution < -0.4 is 5.32 Å². The molecule has 0 radical (unpaired) electrons. The van der Waals surface area contributed by atoms with Crippen molar-refractivity contribution in [3.05, 3.63) is 48.5 Å². The zero-order valence-electron chi connectivity index (χ0n) is 14.9. The van der Waals surface area contributed by atoms with Crippen LogP contribution in [0.3, 0.4) is 0 Å². The summed E-state index contributed by atoms with van der Waals surface area (Å²) in [5.41, 5.74) is 2.64. The van der Waals surface area contributed by atoms with Crippen molar-refractivity contribution in [3.8, 4) is 22.0 Å². The van der Waals surface area contributed by atoms with E-state index >= 15 is 0 Å². The normalized spacial score (nSPS) is 24.2. The number of piperidine rings is 1. The number of aromatic hydroxyl groups is 1. The fourth-order valence-corrected chi connectivity index (χ4v) is 5.18. The van der Waals surface area contributed by atoms with Crippen LogP contribution in [0.5, 0.6) is 5.75 Å². The van der Waals surface area contributed by atoms with Gasteiger partial charge in [-0.1, -0.05) is 17.9 Å². The van der Waals surface area contributed by atoms with Crippen molar-refractivity contribution in [2.75, 3.05) is 0 Å². The summed E-state index contributed by atoms with van der Waals surface area (Å²) in [5, 5.41) is 24.5. The second-order valence-corrected chi connectivity index (χ2v) is 8.39. The first-order valence-electron chi connectivity index (χ1n) is 9.28. The molecule has 3 aromatic rings. The van der Waals surface area contributed by atoms with E-state index in [1.807, 2.05) is 22.9 Å². The molecule has 2 atom stereocenters. The third-order valence-corrected chi connectivity index (χ3v) is 6.71. The zero-order valence-corrected chi connectivity index (χ0v) is 15.7. The number of rotatable bonds is 4. The maximum Gasteiger partial charge on any atom is 0.151 e. The van der Waals surface area contributed by atoms with Crippen molar-refractivity contribution in [1.29, 1.82) is 0 Å². The summed E-state index contributed by atoms with van der Waals surface area (Å²) in [6, 6.07) is 6.78. The van der Waals surface area contributed by atoms with Gasteiger partial charge in [-0.05, 0) is 49.3 Å². The van der Waals surface area contributed by atoms with Gasteiger partial charge in [0.25, 0.3) is 0 Å². The number of phenols is 1. The Morgan fingerprint density at radius 2 is 2.04 bits per heavy atom. The number of hydrogen-bond donors (Lipinski definition) is 2. The number of allylic oxidation sites excluding steroid dienone is 1. The minimum Gasteiger partial charge on any atom is -0.507 e. The molecule has 138 valence electrons. The molecule has 5 rings (SSSR count). The topological polar surface area (TPSA) is 75.9 Å². The van der Waals surface area contributed by atoms with E-state index in [9.17, 15) is 5.11 Å². The lowest BCUT2D eigenvalue weighted by molar-refractivity contribution is 0.352. The lowest BCUT2D eigenvalue weighted by Crippen LogP contribution is -2.38. The van der Waals surface area contributed by atoms with Gasteiger partial charge in [-0.2, -0.15) is 0 Å². The maximum absolute atomic E-state index is 10.5. The van der Waals surface area contributed by atoms with Gasteiger partial charge in [0.1, 0.15) is 10.8 Å². The molecule has 4 heterocycles. The number of benzene rings is 1. The molecular weight excluding hydrogens is 358 g/mol. The minimum absolute atomic E-state index is 0.189. The van der Waals surface area contributed by atoms with Crippen LogP contribution in [0.2, 0.25) is 0 Å². The van der Waals surface area contributed by atoms with Gasteiger partial charge in [-0.3, -0.25) is 0 Å². The van der Waals surface area contributed by atoms with E-state index in [1.165, 1.54) is 24.2 Å². The van der Waals surface area contributed by atoms with Crippen molar-refractivity contribution < 1.29 is 5.11 Å². The predicted octanol–water partition coefficient (Wildman–Crippen LogP) is 3.64. The Morgan fingerprint density at radius 3 is 2.74 bits per heavy atom. The average Bonchev–Trinajstić information content (AvgIpc) is 3.42. The summed E-state index contributed by atoms with van der Waals surface area (Å²) >= 11 is 1.51. The van der Waals surface area contributed by atoms with Gasteiger partial charge in [-0.15, -0.1) is 10.2 Å². The third-order valence-electron chi connectivity index (χ3n) is 5.68. The summed E-state index contributed by atoms with van der Waals surface area (Å²) in [6.45, 7) is 4.33. The quantitative estimate of drug-likeness (QED) is 0.724. The molecule has 0 saturated carbocycles. The first-order valence-corrected chi connectivity index (χ1v) is 10.1. The minimum atomic E-state index is 0.189. The molecular formula is C20H21N5OS. The lowest BCUT2D eigenvalue weighted by atomic mass is 9.87. The highest BCUT2D eigenvalue weighted by Gasteiger charge is 2.35. The Balaban J connectivity index is 1.38. The summed E-state index contributed by atoms with van der Waals surface area (Å²) < 4.78 is 1.85. The molecule has 2 bridgehead atoms. The van der Waals surface area contributed by atoms with Crippen molar-refractivity contribution in [2.45, 2.75) is 37.8 Å². The predicted molar refractivity (Wildman–Crippen MR) is 106 cm³/mol. The number of aromatic nitrogens is 4. The van der Waals surface area contributed by atoms with E-state index in [0.717, 1.165) is 34.1 Å². The average molecular weight is 379 g/mol. The second kappa shape index (κ2) is 6.58. The zero-order chi connectivity index (χ0) is 18.4. The number of fused-ring (bicyclic) bond motifs is 2. The fourth-order valence-electron chi connectivity index (χ4n) is 4.25. The molecule has 2 saturated heterocycles. The molecule has 0 spiro atoms. The van der Waals surface area contributed by atoms with Crippen LogP contribution in [0, 0.1) is 5.92 Å². The van der Waals surface area contributed by atoms with Gasteiger partial charge in [0.05, 0.1) is 17.6 Å². The Labute approximate surface area is 161 Å². The molecule has 6 nitrogen and oxygen atoms in total. The Bertz CT molecular complexity index is 968. The molecule has 2 aliphatic rings. The van der Waals surface area contributed by atoms with E-state index in [4.69, 9.17) is 0 Å². The van der Waals surface area contributed by atoms with E-state index in [2.05, 4.69) is 27.1 Å². The van der Waals surface area contributed by atoms with Crippen molar-refractivity contribution >= 4 is 16.9 Å². The van der Waals surface area contributed by atoms with Gasteiger partial charge in [0.15, 0.2) is 5.01 Å². The molecule has 2 fully saturated rings. The van der Waals surface area contributed by atoms with Gasteiger partial charge in [0, 0.05) is 30.5 Å². The van der Waals surface area contributed by atoms with Gasteiger partial charge in [-0.25, -0.2) is 4.98 Å². The van der Waals surface area contributed by atoms with Crippen LogP contribution in [0.25, 0.3) is 21.8 Å². The van der Waals surface area contributed by atoms with Crippen molar-refractivity contribution in [3.63, 3.8) is 0 Å². The molecule has 2 aromatic heterocycles. The maximum atomic E-state index is 10.5. The van der Waals surface area contributed by atoms with Gasteiger partial charge < -0.3 is 15.0 Å². The standard InChI is InChI=1S/C20H21N5OS/c1-12(13-8-14-2-3-15(9-13)22-14)19-23-24-20(27-19)17-5-4-16(10-18(17)26)25-7-6-21-11-25/h4-7,10-11,13-15,22,26H,1-3,8-9H2. The van der Waals surface area contributed by atoms with Crippen LogP contribution >= 0.6 is 11.3 Å². The molecule has 2 N–H and O–H groups in total. The smallest absolute Gasteiger partial charge is 0.151 e. The highest BCUT2D eigenvalue weighted by molar-refractivity contribution is 7.15. The molecule has 2 unspecified atom stereocenters. The second-order valence-electron chi connectivity index (χ2n) is 7.42. The Morgan fingerprint density at radius 1 is 1.22 bits per heavy atom. The van der Waals surface area contributed by atoms with Crippen LogP contribution in [0.15, 0.2) is 43.5 Å². The fraction of sp³-hybridized carbons (Fsp3) is 0.350. The van der Waals surface area contributed by atoms with E-state index in [0.29, 0.717) is 23.6 Å². The molecule has 0 aliphatic carbocycles. The van der Waals surface area contributed by atoms with Crippen LogP contribution in [-0.2, 0) is 0 Å². The van der Waals surface area contributed by atoms with E-state index in [1.54, 1.807) is 18.6 Å². The summed E-state index contributed by atoms with van der Waals surface area (Å²) in [7, 11) is 0. The molecule has 27 heavy (non-hydrogen) atoms. The highest BCUT2D eigenvalue weighted by atomic mass is 32.1. The first kappa shape index (κ1) is 16.6. The summed E-state index contributed by atoms with van der Waals surface area (Å²) in [4.78, 5) is 4.04. The first-order chi connectivity index (χ1) is 13.2. The number of nitrogens with one attached hydrogen (secondary N) is 1. The lowest BCUT2D eigenvalue weighted by Gasteiger charge is -2.29. The Kier molecular flexibility index (Phi) is 4.06. The van der Waals surface area contributed by atoms with Crippen LogP contribution in [0.4, 0.5) is 0 Å². The van der Waals surface area contributed by atoms with Crippen LogP contribution in [-0.4, -0.2) is 36.9 Å². The summed E-state index contributed by atoms with van der Waals surface area (Å²) in [6.07, 6.45) is 10.1. The van der Waals surface area contributed by atoms with Gasteiger partial charge in [0.2, 0.25) is 0 Å². The molecule has 0 amide bonds. The SMILES string of the molecule is C=C(c1nnc(-c2ccc(-n3ccnc3)cc2O)s1)C1CC2CCC(C1)N2. The molecule has 7 heteroatoms. The molecule has 1 aromatic carbocycles. The van der Waals surface area contributed by atoms with E-state index < -0.39 is 0 Å². The summed E-state index contributed by atoms with van der Waals surface area (Å²) in [5.74, 6) is 0.663.